The van der Waals surface area contributed by atoms with Crippen LogP contribution in [0.25, 0.3) is 0 Å². The average molecular weight is 203 g/mol. The number of rotatable bonds is 2. The van der Waals surface area contributed by atoms with E-state index in [1.165, 1.54) is 12.8 Å². The zero-order valence-electron chi connectivity index (χ0n) is 9.09. The molecule has 1 heterocycles. The van der Waals surface area contributed by atoms with Crippen LogP contribution in [-0.4, -0.2) is 30.9 Å². The Kier molecular flexibility index (Phi) is 2.90. The van der Waals surface area contributed by atoms with E-state index >= 15 is 0 Å². The summed E-state index contributed by atoms with van der Waals surface area (Å²) in [6.07, 6.45) is 2.44. The van der Waals surface area contributed by atoms with Gasteiger partial charge < -0.3 is 10.2 Å². The molecule has 0 bridgehead atoms. The second-order valence-electron chi connectivity index (χ2n) is 3.87. The van der Waals surface area contributed by atoms with Crippen LogP contribution in [0.5, 0.6) is 0 Å². The van der Waals surface area contributed by atoms with Crippen LogP contribution in [-0.2, 0) is 0 Å². The number of hydrogen-bond acceptors (Lipinski definition) is 2. The van der Waals surface area contributed by atoms with Crippen molar-refractivity contribution in [3.8, 4) is 0 Å². The van der Waals surface area contributed by atoms with Gasteiger partial charge in [0.25, 0.3) is 0 Å². The molecule has 1 aliphatic rings. The molecule has 80 valence electrons. The smallest absolute Gasteiger partial charge is 0.128 e. The highest BCUT2D eigenvalue weighted by molar-refractivity contribution is 5.96. The first-order valence-corrected chi connectivity index (χ1v) is 5.43. The van der Waals surface area contributed by atoms with Gasteiger partial charge in [-0.3, -0.25) is 5.41 Å². The highest BCUT2D eigenvalue weighted by atomic mass is 15.2. The molecule has 1 aromatic carbocycles. The lowest BCUT2D eigenvalue weighted by Gasteiger charge is -2.18. The van der Waals surface area contributed by atoms with E-state index < -0.39 is 0 Å². The number of amidine groups is 1. The normalized spacial score (nSPS) is 15.4. The average Bonchev–Trinajstić information content (AvgIpc) is 2.82. The molecule has 0 radical (unpaired) electrons. The Balaban J connectivity index is 2.11. The van der Waals surface area contributed by atoms with E-state index in [-0.39, 0.29) is 0 Å². The summed E-state index contributed by atoms with van der Waals surface area (Å²) in [4.78, 5) is 2.15. The second-order valence-corrected chi connectivity index (χ2v) is 3.87. The predicted octanol–water partition coefficient (Wildman–Crippen LogP) is 2.15. The minimum atomic E-state index is 0.662. The number of hydrogen-bond donors (Lipinski definition) is 2. The van der Waals surface area contributed by atoms with Gasteiger partial charge in [0.1, 0.15) is 5.84 Å². The Hall–Kier alpha value is -1.51. The number of nitrogens with zero attached hydrogens (tertiary/aromatic N) is 1. The van der Waals surface area contributed by atoms with Gasteiger partial charge in [0, 0.05) is 31.4 Å². The van der Waals surface area contributed by atoms with Crippen molar-refractivity contribution in [1.29, 1.82) is 5.41 Å². The largest absolute Gasteiger partial charge is 0.388 e. The summed E-state index contributed by atoms with van der Waals surface area (Å²) in [5, 5.41) is 11.1. The second kappa shape index (κ2) is 4.34. The lowest BCUT2D eigenvalue weighted by Crippen LogP contribution is -2.27. The molecule has 0 aromatic heterocycles. The van der Waals surface area contributed by atoms with Crippen LogP contribution in [0.2, 0.25) is 0 Å². The standard InChI is InChI=1S/C12H17N3/c1-14-11-6-4-10(5-7-11)12(13)15-8-2-3-9-15/h4-7,13-14H,2-3,8-9H2,1H3. The van der Waals surface area contributed by atoms with Crippen LogP contribution in [0.15, 0.2) is 24.3 Å². The van der Waals surface area contributed by atoms with Crippen LogP contribution >= 0.6 is 0 Å². The summed E-state index contributed by atoms with van der Waals surface area (Å²) in [5.74, 6) is 0.662. The van der Waals surface area contributed by atoms with Gasteiger partial charge in [-0.05, 0) is 37.1 Å². The first-order chi connectivity index (χ1) is 7.31. The van der Waals surface area contributed by atoms with Crippen LogP contribution < -0.4 is 5.32 Å². The predicted molar refractivity (Wildman–Crippen MR) is 63.6 cm³/mol. The molecule has 3 heteroatoms. The number of benzene rings is 1. The van der Waals surface area contributed by atoms with Gasteiger partial charge >= 0.3 is 0 Å². The van der Waals surface area contributed by atoms with E-state index in [1.807, 2.05) is 31.3 Å². The molecule has 1 fully saturated rings. The lowest BCUT2D eigenvalue weighted by molar-refractivity contribution is 0.517. The molecule has 0 unspecified atom stereocenters. The first-order valence-electron chi connectivity index (χ1n) is 5.43. The summed E-state index contributed by atoms with van der Waals surface area (Å²) in [7, 11) is 1.90. The molecule has 1 aliphatic heterocycles. The van der Waals surface area contributed by atoms with Crippen LogP contribution in [0, 0.1) is 5.41 Å². The molecule has 0 aliphatic carbocycles. The van der Waals surface area contributed by atoms with Crippen LogP contribution in [0.4, 0.5) is 5.69 Å². The minimum Gasteiger partial charge on any atom is -0.388 e. The summed E-state index contributed by atoms with van der Waals surface area (Å²) >= 11 is 0. The zero-order valence-corrected chi connectivity index (χ0v) is 9.09. The molecule has 2 N–H and O–H groups in total. The van der Waals surface area contributed by atoms with Crippen molar-refractivity contribution in [2.75, 3.05) is 25.5 Å². The molecule has 1 aromatic rings. The molecule has 0 spiro atoms. The fourth-order valence-corrected chi connectivity index (χ4v) is 1.92. The SMILES string of the molecule is CNc1ccc(C(=N)N2CCCC2)cc1. The molecule has 0 amide bonds. The van der Waals surface area contributed by atoms with Crippen molar-refractivity contribution in [1.82, 2.24) is 4.90 Å². The molecule has 3 nitrogen and oxygen atoms in total. The maximum Gasteiger partial charge on any atom is 0.128 e. The van der Waals surface area contributed by atoms with Crippen LogP contribution in [0.3, 0.4) is 0 Å². The van der Waals surface area contributed by atoms with Gasteiger partial charge in [-0.2, -0.15) is 0 Å². The third-order valence-electron chi connectivity index (χ3n) is 2.87. The van der Waals surface area contributed by atoms with Gasteiger partial charge in [0.05, 0.1) is 0 Å². The van der Waals surface area contributed by atoms with Gasteiger partial charge in [-0.1, -0.05) is 0 Å². The molecular formula is C12H17N3. The van der Waals surface area contributed by atoms with Gasteiger partial charge in [-0.25, -0.2) is 0 Å². The quantitative estimate of drug-likeness (QED) is 0.571. The minimum absolute atomic E-state index is 0.662. The number of likely N-dealkylation sites (tertiary alicyclic amines) is 1. The Morgan fingerprint density at radius 2 is 1.80 bits per heavy atom. The monoisotopic (exact) mass is 203 g/mol. The summed E-state index contributed by atoms with van der Waals surface area (Å²) < 4.78 is 0. The van der Waals surface area contributed by atoms with Crippen LogP contribution in [0.1, 0.15) is 18.4 Å². The zero-order chi connectivity index (χ0) is 10.7. The molecule has 0 atom stereocenters. The molecular weight excluding hydrogens is 186 g/mol. The Morgan fingerprint density at radius 3 is 2.33 bits per heavy atom. The van der Waals surface area contributed by atoms with Crippen molar-refractivity contribution in [2.24, 2.45) is 0 Å². The maximum atomic E-state index is 8.06. The molecule has 1 saturated heterocycles. The van der Waals surface area contributed by atoms with Crippen molar-refractivity contribution >= 4 is 11.5 Å². The molecule has 2 rings (SSSR count). The summed E-state index contributed by atoms with van der Waals surface area (Å²) in [6.45, 7) is 2.07. The lowest BCUT2D eigenvalue weighted by atomic mass is 10.2. The van der Waals surface area contributed by atoms with E-state index in [4.69, 9.17) is 5.41 Å². The fraction of sp³-hybridized carbons (Fsp3) is 0.417. The van der Waals surface area contributed by atoms with E-state index in [9.17, 15) is 0 Å². The van der Waals surface area contributed by atoms with Crippen molar-refractivity contribution < 1.29 is 0 Å². The fourth-order valence-electron chi connectivity index (χ4n) is 1.92. The van der Waals surface area contributed by atoms with Crippen molar-refractivity contribution in [3.05, 3.63) is 29.8 Å². The number of anilines is 1. The third kappa shape index (κ3) is 2.12. The Labute approximate surface area is 90.6 Å². The summed E-state index contributed by atoms with van der Waals surface area (Å²) in [6, 6.07) is 8.04. The topological polar surface area (TPSA) is 39.1 Å². The summed E-state index contributed by atoms with van der Waals surface area (Å²) in [5.41, 5.74) is 2.10. The highest BCUT2D eigenvalue weighted by Gasteiger charge is 2.15. The van der Waals surface area contributed by atoms with E-state index in [1.54, 1.807) is 0 Å². The van der Waals surface area contributed by atoms with Gasteiger partial charge in [0.2, 0.25) is 0 Å². The van der Waals surface area contributed by atoms with E-state index in [0.717, 1.165) is 24.3 Å². The number of nitrogens with one attached hydrogen (secondary N) is 2. The maximum absolute atomic E-state index is 8.06. The molecule has 0 saturated carbocycles. The Bertz CT molecular complexity index is 336. The van der Waals surface area contributed by atoms with Crippen molar-refractivity contribution in [3.63, 3.8) is 0 Å². The highest BCUT2D eigenvalue weighted by Crippen LogP contribution is 2.14. The van der Waals surface area contributed by atoms with E-state index in [2.05, 4.69) is 10.2 Å². The van der Waals surface area contributed by atoms with E-state index in [0.29, 0.717) is 5.84 Å². The van der Waals surface area contributed by atoms with Crippen molar-refractivity contribution in [2.45, 2.75) is 12.8 Å². The molecule has 15 heavy (non-hydrogen) atoms. The Morgan fingerprint density at radius 1 is 1.20 bits per heavy atom. The van der Waals surface area contributed by atoms with Gasteiger partial charge in [-0.15, -0.1) is 0 Å². The van der Waals surface area contributed by atoms with Gasteiger partial charge in [0.15, 0.2) is 0 Å². The third-order valence-corrected chi connectivity index (χ3v) is 2.87. The first kappa shape index (κ1) is 10.0.